The van der Waals surface area contributed by atoms with Crippen LogP contribution < -0.4 is 19.7 Å². The summed E-state index contributed by atoms with van der Waals surface area (Å²) in [7, 11) is 3.74. The lowest BCUT2D eigenvalue weighted by molar-refractivity contribution is 0.168. The number of hydrogen-bond acceptors (Lipinski definition) is 7. The molecule has 8 heteroatoms. The Balaban J connectivity index is 1.66. The summed E-state index contributed by atoms with van der Waals surface area (Å²) < 4.78 is 18.7. The van der Waals surface area contributed by atoms with Gasteiger partial charge in [-0.3, -0.25) is 20.3 Å². The van der Waals surface area contributed by atoms with Crippen LogP contribution in [0.25, 0.3) is 0 Å². The van der Waals surface area contributed by atoms with Crippen molar-refractivity contribution in [3.63, 3.8) is 0 Å². The second kappa shape index (κ2) is 7.50. The fraction of sp³-hybridized carbons (Fsp3) is 0.421. The van der Waals surface area contributed by atoms with Gasteiger partial charge in [-0.1, -0.05) is 0 Å². The Morgan fingerprint density at radius 1 is 1.48 bits per heavy atom. The number of rotatable bonds is 6. The zero-order chi connectivity index (χ0) is 18.8. The van der Waals surface area contributed by atoms with Gasteiger partial charge in [-0.05, 0) is 37.2 Å². The first-order valence-electron chi connectivity index (χ1n) is 8.97. The number of allylic oxidation sites excluding steroid dienone is 1. The molecule has 4 rings (SSSR count). The minimum Gasteiger partial charge on any atom is -0.492 e. The molecule has 2 aromatic rings. The van der Waals surface area contributed by atoms with Crippen molar-refractivity contribution in [3.8, 4) is 17.2 Å². The van der Waals surface area contributed by atoms with Crippen molar-refractivity contribution in [2.45, 2.75) is 25.4 Å². The second-order valence-corrected chi connectivity index (χ2v) is 6.74. The molecule has 0 saturated heterocycles. The molecule has 3 heterocycles. The lowest BCUT2D eigenvalue weighted by Crippen LogP contribution is -2.33. The number of hydroxylamine groups is 1. The van der Waals surface area contributed by atoms with Crippen molar-refractivity contribution in [2.75, 3.05) is 27.5 Å². The number of methoxy groups -OCH3 is 1. The van der Waals surface area contributed by atoms with Crippen LogP contribution in [0, 0.1) is 0 Å². The van der Waals surface area contributed by atoms with Gasteiger partial charge in [0, 0.05) is 42.7 Å². The van der Waals surface area contributed by atoms with E-state index in [0.717, 1.165) is 35.7 Å². The van der Waals surface area contributed by atoms with Gasteiger partial charge in [-0.2, -0.15) is 5.10 Å². The van der Waals surface area contributed by atoms with Gasteiger partial charge in [0.2, 0.25) is 12.5 Å². The van der Waals surface area contributed by atoms with Crippen molar-refractivity contribution in [1.29, 1.82) is 0 Å². The summed E-state index contributed by atoms with van der Waals surface area (Å²) in [6.07, 6.45) is 7.08. The number of ether oxygens (including phenoxy) is 3. The van der Waals surface area contributed by atoms with Crippen molar-refractivity contribution in [1.82, 2.24) is 20.2 Å². The lowest BCUT2D eigenvalue weighted by atomic mass is 9.88. The van der Waals surface area contributed by atoms with E-state index >= 15 is 0 Å². The Morgan fingerprint density at radius 2 is 2.37 bits per heavy atom. The van der Waals surface area contributed by atoms with Gasteiger partial charge in [0.05, 0.1) is 13.7 Å². The smallest absolute Gasteiger partial charge is 0.231 e. The van der Waals surface area contributed by atoms with E-state index in [9.17, 15) is 5.21 Å². The molecule has 8 nitrogen and oxygen atoms in total. The first-order chi connectivity index (χ1) is 13.2. The Hall–Kier alpha value is -2.71. The molecule has 0 saturated carbocycles. The molecule has 0 unspecified atom stereocenters. The van der Waals surface area contributed by atoms with Gasteiger partial charge in [-0.25, -0.2) is 0 Å². The molecule has 0 amide bonds. The average Bonchev–Trinajstić information content (AvgIpc) is 3.36. The number of nitrogens with zero attached hydrogens (tertiary/aromatic N) is 3. The summed E-state index contributed by atoms with van der Waals surface area (Å²) in [5.41, 5.74) is 5.37. The first kappa shape index (κ1) is 17.7. The molecule has 27 heavy (non-hydrogen) atoms. The Labute approximate surface area is 157 Å². The molecule has 0 radical (unpaired) electrons. The standard InChI is InChI=1S/C19H24N4O4/c1-22-8-4-13-10-16-18(27-12-26-16)19(25-2)17(13)15(22)11-14(21-24)5-9-23-7-3-6-20-23/h3,5-7,10,15,21,24H,4,8-9,11-12H2,1-2H3/b14-5-/t15-/m1/s1. The van der Waals surface area contributed by atoms with Crippen LogP contribution in [0.3, 0.4) is 0 Å². The zero-order valence-electron chi connectivity index (χ0n) is 15.5. The highest BCUT2D eigenvalue weighted by molar-refractivity contribution is 5.61. The first-order valence-corrected chi connectivity index (χ1v) is 8.97. The van der Waals surface area contributed by atoms with E-state index in [-0.39, 0.29) is 12.8 Å². The summed E-state index contributed by atoms with van der Waals surface area (Å²) in [6.45, 7) is 1.71. The van der Waals surface area contributed by atoms with Gasteiger partial charge in [-0.15, -0.1) is 0 Å². The molecule has 0 fully saturated rings. The van der Waals surface area contributed by atoms with Gasteiger partial charge in [0.15, 0.2) is 11.5 Å². The summed E-state index contributed by atoms with van der Waals surface area (Å²) >= 11 is 0. The minimum absolute atomic E-state index is 0.0433. The van der Waals surface area contributed by atoms with Gasteiger partial charge in [0.25, 0.3) is 0 Å². The van der Waals surface area contributed by atoms with E-state index in [1.165, 1.54) is 5.56 Å². The number of aromatic nitrogens is 2. The highest BCUT2D eigenvalue weighted by atomic mass is 16.7. The number of likely N-dealkylation sites (N-methyl/N-ethyl adjacent to an activating group) is 1. The number of fused-ring (bicyclic) bond motifs is 2. The average molecular weight is 372 g/mol. The quantitative estimate of drug-likeness (QED) is 0.752. The predicted octanol–water partition coefficient (Wildman–Crippen LogP) is 2.10. The maximum Gasteiger partial charge on any atom is 0.231 e. The van der Waals surface area contributed by atoms with E-state index in [1.54, 1.807) is 18.0 Å². The van der Waals surface area contributed by atoms with Crippen LogP contribution in [0.1, 0.15) is 23.6 Å². The monoisotopic (exact) mass is 372 g/mol. The van der Waals surface area contributed by atoms with E-state index in [4.69, 9.17) is 14.2 Å². The molecule has 144 valence electrons. The molecular weight excluding hydrogens is 348 g/mol. The van der Waals surface area contributed by atoms with Crippen molar-refractivity contribution < 1.29 is 19.4 Å². The van der Waals surface area contributed by atoms with Crippen LogP contribution in [0.15, 0.2) is 36.3 Å². The predicted molar refractivity (Wildman–Crippen MR) is 98.0 cm³/mol. The van der Waals surface area contributed by atoms with Crippen LogP contribution in [-0.2, 0) is 13.0 Å². The Kier molecular flexibility index (Phi) is 4.91. The molecule has 0 spiro atoms. The third-order valence-electron chi connectivity index (χ3n) is 5.19. The zero-order valence-corrected chi connectivity index (χ0v) is 15.5. The van der Waals surface area contributed by atoms with Gasteiger partial charge < -0.3 is 14.2 Å². The number of nitrogens with one attached hydrogen (secondary N) is 1. The maximum absolute atomic E-state index is 9.66. The molecule has 1 atom stereocenters. The summed E-state index contributed by atoms with van der Waals surface area (Å²) in [5.74, 6) is 2.13. The fourth-order valence-electron chi connectivity index (χ4n) is 3.78. The number of benzene rings is 1. The van der Waals surface area contributed by atoms with Crippen LogP contribution >= 0.6 is 0 Å². The largest absolute Gasteiger partial charge is 0.492 e. The summed E-state index contributed by atoms with van der Waals surface area (Å²) in [5, 5.41) is 13.8. The number of hydrogen-bond donors (Lipinski definition) is 2. The summed E-state index contributed by atoms with van der Waals surface area (Å²) in [6, 6.07) is 3.97. The Morgan fingerprint density at radius 3 is 3.11 bits per heavy atom. The normalized spacial score (nSPS) is 19.1. The molecule has 1 aromatic heterocycles. The molecule has 0 bridgehead atoms. The molecule has 2 aliphatic heterocycles. The highest BCUT2D eigenvalue weighted by Gasteiger charge is 2.34. The van der Waals surface area contributed by atoms with E-state index in [2.05, 4.69) is 28.6 Å². The van der Waals surface area contributed by atoms with E-state index in [1.807, 2.05) is 18.3 Å². The van der Waals surface area contributed by atoms with Crippen molar-refractivity contribution in [3.05, 3.63) is 47.4 Å². The van der Waals surface area contributed by atoms with Crippen LogP contribution in [0.2, 0.25) is 0 Å². The van der Waals surface area contributed by atoms with E-state index < -0.39 is 0 Å². The lowest BCUT2D eigenvalue weighted by Gasteiger charge is -2.36. The van der Waals surface area contributed by atoms with Crippen molar-refractivity contribution in [2.24, 2.45) is 0 Å². The molecule has 0 aliphatic carbocycles. The SMILES string of the molecule is COc1c2c(cc3c1[C@@H](C/C(=C/Cn1cccn1)NO)N(C)CC3)OCO2. The third kappa shape index (κ3) is 3.33. The highest BCUT2D eigenvalue weighted by Crippen LogP contribution is 2.50. The van der Waals surface area contributed by atoms with Crippen LogP contribution in [0.4, 0.5) is 0 Å². The molecular formula is C19H24N4O4. The van der Waals surface area contributed by atoms with Crippen molar-refractivity contribution >= 4 is 0 Å². The van der Waals surface area contributed by atoms with E-state index in [0.29, 0.717) is 18.7 Å². The third-order valence-corrected chi connectivity index (χ3v) is 5.19. The minimum atomic E-state index is 0.0433. The second-order valence-electron chi connectivity index (χ2n) is 6.74. The van der Waals surface area contributed by atoms with Gasteiger partial charge in [0.1, 0.15) is 0 Å². The summed E-state index contributed by atoms with van der Waals surface area (Å²) in [4.78, 5) is 2.27. The molecule has 2 aliphatic rings. The van der Waals surface area contributed by atoms with Gasteiger partial charge >= 0.3 is 0 Å². The topological polar surface area (TPSA) is 81.0 Å². The molecule has 2 N–H and O–H groups in total. The fourth-order valence-corrected chi connectivity index (χ4v) is 3.78. The van der Waals surface area contributed by atoms with Crippen LogP contribution in [0.5, 0.6) is 17.2 Å². The van der Waals surface area contributed by atoms with Crippen LogP contribution in [-0.4, -0.2) is 47.4 Å². The Bertz CT molecular complexity index is 835. The molecule has 1 aromatic carbocycles. The maximum atomic E-state index is 9.66.